The van der Waals surface area contributed by atoms with E-state index in [2.05, 4.69) is 114 Å². The van der Waals surface area contributed by atoms with E-state index in [0.29, 0.717) is 0 Å². The van der Waals surface area contributed by atoms with Gasteiger partial charge in [0, 0.05) is 73.4 Å². The number of hydrogen-bond donors (Lipinski definition) is 0. The minimum atomic E-state index is 0. The smallest absolute Gasteiger partial charge is 0.125 e. The van der Waals surface area contributed by atoms with Crippen molar-refractivity contribution in [2.75, 3.05) is 0 Å². The number of fused-ring (bicyclic) bond motifs is 3. The van der Waals surface area contributed by atoms with E-state index in [1.165, 1.54) is 21.8 Å². The fraction of sp³-hybridized carbons (Fsp3) is 0.130. The van der Waals surface area contributed by atoms with Gasteiger partial charge in [0.25, 0.3) is 0 Å². The molecule has 0 unspecified atom stereocenters. The summed E-state index contributed by atoms with van der Waals surface area (Å²) in [4.78, 5) is 0. The van der Waals surface area contributed by atoms with Gasteiger partial charge in [-0.25, -0.2) is 0 Å². The van der Waals surface area contributed by atoms with E-state index in [1.54, 1.807) is 0 Å². The van der Waals surface area contributed by atoms with Crippen molar-refractivity contribution in [1.29, 1.82) is 0 Å². The predicted octanol–water partition coefficient (Wildman–Crippen LogP) is 11.7. The molecule has 0 fully saturated rings. The molecule has 7 nitrogen and oxygen atoms in total. The molecule has 0 aliphatic heterocycles. The predicted molar refractivity (Wildman–Crippen MR) is 222 cm³/mol. The molecule has 6 aromatic carbocycles. The molecule has 9 aromatic rings. The van der Waals surface area contributed by atoms with Crippen LogP contribution in [0.3, 0.4) is 0 Å². The molecule has 0 aliphatic carbocycles. The van der Waals surface area contributed by atoms with E-state index in [-0.39, 0.29) is 69.9 Å². The summed E-state index contributed by atoms with van der Waals surface area (Å²) in [5, 5.41) is 19.7. The Bertz CT molecular complexity index is 2450. The molecular formula is C46H47Ir2N7-2. The molecule has 0 aliphatic rings. The number of aryl methyl sites for hydroxylation is 2. The van der Waals surface area contributed by atoms with Gasteiger partial charge in [-0.1, -0.05) is 103 Å². The SMILES string of the molecule is C.C.C.C.Cc1nnc(-c2[c-]cc(-n3c4ccccc4c4ccccc43)cc2)n1-c1ccccc1.Cc1nnc(-c2[c-]cccc2)n1-c1ccccc1.[Ir].[Ir]. The van der Waals surface area contributed by atoms with Crippen molar-refractivity contribution < 1.29 is 40.2 Å². The van der Waals surface area contributed by atoms with E-state index >= 15 is 0 Å². The van der Waals surface area contributed by atoms with Gasteiger partial charge in [0.05, 0.1) is 11.6 Å². The van der Waals surface area contributed by atoms with E-state index < -0.39 is 0 Å². The van der Waals surface area contributed by atoms with Gasteiger partial charge in [-0.15, -0.1) is 75.9 Å². The van der Waals surface area contributed by atoms with Gasteiger partial charge in [0.1, 0.15) is 11.6 Å². The fourth-order valence-corrected chi connectivity index (χ4v) is 6.27. The molecule has 0 amide bonds. The van der Waals surface area contributed by atoms with Crippen LogP contribution in [0.5, 0.6) is 0 Å². The normalized spacial score (nSPS) is 9.85. The average Bonchev–Trinajstić information content (AvgIpc) is 3.86. The van der Waals surface area contributed by atoms with Gasteiger partial charge in [-0.05, 0) is 55.9 Å². The molecule has 0 saturated heterocycles. The summed E-state index contributed by atoms with van der Waals surface area (Å²) in [6, 6.07) is 58.0. The number of hydrogen-bond acceptors (Lipinski definition) is 4. The second-order valence-corrected chi connectivity index (χ2v) is 11.6. The maximum absolute atomic E-state index is 4.43. The Morgan fingerprint density at radius 1 is 0.400 bits per heavy atom. The van der Waals surface area contributed by atoms with Crippen LogP contribution in [0.25, 0.3) is 61.6 Å². The molecule has 0 N–H and O–H groups in total. The van der Waals surface area contributed by atoms with Gasteiger partial charge >= 0.3 is 0 Å². The van der Waals surface area contributed by atoms with E-state index in [1.807, 2.05) is 97.3 Å². The third kappa shape index (κ3) is 8.99. The zero-order chi connectivity index (χ0) is 33.2. The van der Waals surface area contributed by atoms with Crippen LogP contribution in [0.4, 0.5) is 0 Å². The third-order valence-electron chi connectivity index (χ3n) is 8.50. The van der Waals surface area contributed by atoms with Gasteiger partial charge in [-0.3, -0.25) is 0 Å². The molecule has 0 atom stereocenters. The van der Waals surface area contributed by atoms with Gasteiger partial charge in [0.15, 0.2) is 0 Å². The molecule has 2 radical (unpaired) electrons. The topological polar surface area (TPSA) is 66.3 Å². The average molecular weight is 1080 g/mol. The van der Waals surface area contributed by atoms with Crippen LogP contribution in [0.15, 0.2) is 152 Å². The first-order chi connectivity index (χ1) is 24.2. The van der Waals surface area contributed by atoms with Crippen LogP contribution >= 0.6 is 0 Å². The molecule has 0 bridgehead atoms. The van der Waals surface area contributed by atoms with Crippen molar-refractivity contribution in [1.82, 2.24) is 34.1 Å². The zero-order valence-electron chi connectivity index (χ0n) is 27.7. The Hall–Kier alpha value is -5.30. The summed E-state index contributed by atoms with van der Waals surface area (Å²) < 4.78 is 6.38. The van der Waals surface area contributed by atoms with Crippen molar-refractivity contribution in [2.45, 2.75) is 43.6 Å². The zero-order valence-corrected chi connectivity index (χ0v) is 32.5. The summed E-state index contributed by atoms with van der Waals surface area (Å²) in [6.07, 6.45) is 0. The van der Waals surface area contributed by atoms with Crippen molar-refractivity contribution in [3.63, 3.8) is 0 Å². The second-order valence-electron chi connectivity index (χ2n) is 11.6. The second kappa shape index (κ2) is 20.4. The van der Waals surface area contributed by atoms with Crippen LogP contribution in [-0.2, 0) is 40.2 Å². The van der Waals surface area contributed by atoms with E-state index in [9.17, 15) is 0 Å². The fourth-order valence-electron chi connectivity index (χ4n) is 6.27. The van der Waals surface area contributed by atoms with Crippen LogP contribution in [0.1, 0.15) is 41.4 Å². The molecule has 9 rings (SSSR count). The molecule has 3 aromatic heterocycles. The monoisotopic (exact) mass is 1080 g/mol. The first-order valence-electron chi connectivity index (χ1n) is 16.1. The molecule has 0 spiro atoms. The Labute approximate surface area is 352 Å². The molecular weight excluding hydrogens is 1030 g/mol. The number of rotatable bonds is 5. The molecule has 3 heterocycles. The minimum absolute atomic E-state index is 0. The Morgan fingerprint density at radius 3 is 1.27 bits per heavy atom. The molecule has 55 heavy (non-hydrogen) atoms. The van der Waals surface area contributed by atoms with Gasteiger partial charge < -0.3 is 13.7 Å². The first kappa shape index (κ1) is 45.9. The van der Waals surface area contributed by atoms with Crippen molar-refractivity contribution in [3.05, 3.63) is 175 Å². The number of benzene rings is 6. The summed E-state index contributed by atoms with van der Waals surface area (Å²) in [7, 11) is 0. The standard InChI is InChI=1S/C27H19N4.C15H12N3.4CH4.2Ir/c1-19-28-29-27(30(19)21-9-3-2-4-10-21)20-15-17-22(18-16-20)31-25-13-7-5-11-23(25)24-12-6-8-14-26(24)31;1-12-16-17-15(13-8-4-2-5-9-13)18(12)14-10-6-3-7-11-14;;;;;;/h2-15,17-18H,1H3;2-8,10-11H,1H3;4*1H4;;/q2*-1;;;;;;. The Balaban J connectivity index is 0.000000381. The van der Waals surface area contributed by atoms with Crippen molar-refractivity contribution in [2.24, 2.45) is 0 Å². The Morgan fingerprint density at radius 2 is 0.836 bits per heavy atom. The summed E-state index contributed by atoms with van der Waals surface area (Å²) in [5.41, 5.74) is 7.41. The summed E-state index contributed by atoms with van der Waals surface area (Å²) in [5.74, 6) is 3.33. The first-order valence-corrected chi connectivity index (χ1v) is 16.1. The van der Waals surface area contributed by atoms with Gasteiger partial charge in [0.2, 0.25) is 0 Å². The number of nitrogens with zero attached hydrogens (tertiary/aromatic N) is 7. The van der Waals surface area contributed by atoms with E-state index in [0.717, 1.165) is 51.5 Å². The molecule has 0 saturated carbocycles. The summed E-state index contributed by atoms with van der Waals surface area (Å²) >= 11 is 0. The van der Waals surface area contributed by atoms with Crippen molar-refractivity contribution >= 4 is 21.8 Å². The van der Waals surface area contributed by atoms with Crippen LogP contribution < -0.4 is 0 Å². The minimum Gasteiger partial charge on any atom is -0.351 e. The summed E-state index contributed by atoms with van der Waals surface area (Å²) in [6.45, 7) is 3.92. The largest absolute Gasteiger partial charge is 0.351 e. The number of aromatic nitrogens is 7. The van der Waals surface area contributed by atoms with Crippen LogP contribution in [0.2, 0.25) is 0 Å². The molecule has 286 valence electrons. The maximum atomic E-state index is 4.43. The van der Waals surface area contributed by atoms with Crippen molar-refractivity contribution in [3.8, 4) is 39.8 Å². The third-order valence-corrected chi connectivity index (χ3v) is 8.50. The Kier molecular flexibility index (Phi) is 17.0. The van der Waals surface area contributed by atoms with Gasteiger partial charge in [-0.2, -0.15) is 10.2 Å². The maximum Gasteiger partial charge on any atom is 0.125 e. The number of para-hydroxylation sites is 4. The van der Waals surface area contributed by atoms with E-state index in [4.69, 9.17) is 0 Å². The van der Waals surface area contributed by atoms with Crippen LogP contribution in [-0.4, -0.2) is 34.1 Å². The quantitative estimate of drug-likeness (QED) is 0.161. The molecule has 9 heteroatoms. The van der Waals surface area contributed by atoms with Crippen LogP contribution in [0, 0.1) is 26.0 Å².